The molecule has 0 heterocycles. The molecule has 0 aromatic rings. The van der Waals surface area contributed by atoms with Gasteiger partial charge in [-0.25, -0.2) is 4.79 Å². The van der Waals surface area contributed by atoms with Crippen molar-refractivity contribution in [3.63, 3.8) is 0 Å². The van der Waals surface area contributed by atoms with Crippen molar-refractivity contribution in [3.8, 4) is 0 Å². The lowest BCUT2D eigenvalue weighted by atomic mass is 10.9. The third-order valence-corrected chi connectivity index (χ3v) is 0.165. The lowest BCUT2D eigenvalue weighted by molar-refractivity contribution is -0.274. The number of hydrogen-bond acceptors (Lipinski definition) is 4. The molecule has 0 aliphatic rings. The van der Waals surface area contributed by atoms with Gasteiger partial charge in [-0.1, -0.05) is 4.99 Å². The van der Waals surface area contributed by atoms with Gasteiger partial charge in [0, 0.05) is 6.92 Å². The van der Waals surface area contributed by atoms with E-state index < -0.39 is 5.97 Å². The number of nitrogens with two attached hydrogens (primary N) is 1. The van der Waals surface area contributed by atoms with E-state index in [1.54, 1.807) is 0 Å². The SMILES string of the molecule is CC(=O)OON.Cl. The van der Waals surface area contributed by atoms with Crippen LogP contribution < -0.4 is 5.90 Å². The quantitative estimate of drug-likeness (QED) is 0.391. The second-order valence-electron chi connectivity index (χ2n) is 0.671. The predicted octanol–water partition coefficient (Wildman–Crippen LogP) is -0.223. The van der Waals surface area contributed by atoms with Crippen molar-refractivity contribution >= 4 is 18.4 Å². The molecule has 0 saturated carbocycles. The average Bonchev–Trinajstić information content (AvgIpc) is 1.35. The molecule has 0 aromatic heterocycles. The Hall–Kier alpha value is -0.320. The normalized spacial score (nSPS) is 6.57. The molecule has 5 heteroatoms. The van der Waals surface area contributed by atoms with Crippen molar-refractivity contribution in [3.05, 3.63) is 0 Å². The van der Waals surface area contributed by atoms with Crippen LogP contribution >= 0.6 is 12.4 Å². The van der Waals surface area contributed by atoms with Crippen LogP contribution in [-0.2, 0) is 14.7 Å². The minimum absolute atomic E-state index is 0. The topological polar surface area (TPSA) is 61.5 Å². The van der Waals surface area contributed by atoms with E-state index >= 15 is 0 Å². The summed E-state index contributed by atoms with van der Waals surface area (Å²) in [5, 5.41) is 0. The maximum Gasteiger partial charge on any atom is 0.341 e. The van der Waals surface area contributed by atoms with Crippen molar-refractivity contribution in [2.24, 2.45) is 5.90 Å². The monoisotopic (exact) mass is 127 g/mol. The van der Waals surface area contributed by atoms with E-state index in [1.807, 2.05) is 0 Å². The number of carbonyl (C=O) groups excluding carboxylic acids is 1. The molecule has 0 aliphatic heterocycles. The van der Waals surface area contributed by atoms with Crippen LogP contribution in [0.1, 0.15) is 6.92 Å². The minimum atomic E-state index is -0.558. The van der Waals surface area contributed by atoms with Gasteiger partial charge in [0.2, 0.25) is 0 Å². The summed E-state index contributed by atoms with van der Waals surface area (Å²) in [6, 6.07) is 0. The lowest BCUT2D eigenvalue weighted by Crippen LogP contribution is -2.04. The first-order valence-electron chi connectivity index (χ1n) is 1.31. The van der Waals surface area contributed by atoms with Gasteiger partial charge in [0.15, 0.2) is 0 Å². The Kier molecular flexibility index (Phi) is 7.98. The molecule has 0 fully saturated rings. The zero-order valence-electron chi connectivity index (χ0n) is 3.71. The highest BCUT2D eigenvalue weighted by Gasteiger charge is 1.84. The molecule has 0 rings (SSSR count). The fourth-order valence-corrected chi connectivity index (χ4v) is 0.0678. The molecular formula is C2H6ClNO3. The van der Waals surface area contributed by atoms with Crippen LogP contribution in [0.5, 0.6) is 0 Å². The van der Waals surface area contributed by atoms with Gasteiger partial charge >= 0.3 is 5.97 Å². The summed E-state index contributed by atoms with van der Waals surface area (Å²) >= 11 is 0. The molecule has 2 N–H and O–H groups in total. The zero-order valence-corrected chi connectivity index (χ0v) is 4.53. The highest BCUT2D eigenvalue weighted by Crippen LogP contribution is 1.66. The lowest BCUT2D eigenvalue weighted by Gasteiger charge is -1.86. The molecule has 0 amide bonds. The maximum absolute atomic E-state index is 9.62. The number of rotatable bonds is 1. The summed E-state index contributed by atoms with van der Waals surface area (Å²) in [7, 11) is 0. The summed E-state index contributed by atoms with van der Waals surface area (Å²) in [6.07, 6.45) is 0. The van der Waals surface area contributed by atoms with Gasteiger partial charge < -0.3 is 0 Å². The molecule has 44 valence electrons. The highest BCUT2D eigenvalue weighted by atomic mass is 35.5. The standard InChI is InChI=1S/C2H5NO3.ClH/c1-2(4)5-6-3;/h3H2,1H3;1H. The third-order valence-electron chi connectivity index (χ3n) is 0.165. The fraction of sp³-hybridized carbons (Fsp3) is 0.500. The van der Waals surface area contributed by atoms with Crippen molar-refractivity contribution in [2.75, 3.05) is 0 Å². The third kappa shape index (κ3) is 10.7. The highest BCUT2D eigenvalue weighted by molar-refractivity contribution is 5.85. The molecule has 0 unspecified atom stereocenters. The first kappa shape index (κ1) is 9.84. The molecule has 0 bridgehead atoms. The van der Waals surface area contributed by atoms with Crippen molar-refractivity contribution in [2.45, 2.75) is 6.92 Å². The molecule has 0 atom stereocenters. The molecule has 0 radical (unpaired) electrons. The van der Waals surface area contributed by atoms with E-state index in [2.05, 4.69) is 15.8 Å². The smallest absolute Gasteiger partial charge is 0.281 e. The maximum atomic E-state index is 9.62. The van der Waals surface area contributed by atoms with Crippen LogP contribution in [0.4, 0.5) is 0 Å². The molecular weight excluding hydrogens is 121 g/mol. The van der Waals surface area contributed by atoms with Crippen LogP contribution in [0.25, 0.3) is 0 Å². The Balaban J connectivity index is 0. The number of carbonyl (C=O) groups is 1. The van der Waals surface area contributed by atoms with Gasteiger partial charge in [-0.15, -0.1) is 12.4 Å². The Morgan fingerprint density at radius 2 is 2.14 bits per heavy atom. The summed E-state index contributed by atoms with van der Waals surface area (Å²) in [6.45, 7) is 1.19. The Morgan fingerprint density at radius 3 is 2.14 bits per heavy atom. The van der Waals surface area contributed by atoms with Crippen LogP contribution in [0.3, 0.4) is 0 Å². The molecule has 0 spiro atoms. The van der Waals surface area contributed by atoms with Gasteiger partial charge in [0.1, 0.15) is 0 Å². The zero-order chi connectivity index (χ0) is 4.99. The Bertz CT molecular complexity index is 56.9. The second-order valence-corrected chi connectivity index (χ2v) is 0.671. The predicted molar refractivity (Wildman–Crippen MR) is 24.3 cm³/mol. The summed E-state index contributed by atoms with van der Waals surface area (Å²) in [5.74, 6) is 3.73. The van der Waals surface area contributed by atoms with Crippen molar-refractivity contribution < 1.29 is 14.7 Å². The number of halogens is 1. The molecule has 0 aromatic carbocycles. The summed E-state index contributed by atoms with van der Waals surface area (Å²) in [5.41, 5.74) is 0. The first-order chi connectivity index (χ1) is 2.77. The summed E-state index contributed by atoms with van der Waals surface area (Å²) in [4.78, 5) is 16.8. The Morgan fingerprint density at radius 1 is 1.71 bits per heavy atom. The fourth-order valence-electron chi connectivity index (χ4n) is 0.0678. The molecule has 0 saturated heterocycles. The molecule has 4 nitrogen and oxygen atoms in total. The van der Waals surface area contributed by atoms with E-state index in [0.717, 1.165) is 0 Å². The molecule has 7 heavy (non-hydrogen) atoms. The van der Waals surface area contributed by atoms with Gasteiger partial charge in [-0.05, 0) is 0 Å². The van der Waals surface area contributed by atoms with E-state index in [0.29, 0.717) is 0 Å². The van der Waals surface area contributed by atoms with Gasteiger partial charge in [-0.3, -0.25) is 4.89 Å². The second kappa shape index (κ2) is 5.68. The largest absolute Gasteiger partial charge is 0.341 e. The molecule has 0 aliphatic carbocycles. The van der Waals surface area contributed by atoms with Crippen LogP contribution in [0.2, 0.25) is 0 Å². The van der Waals surface area contributed by atoms with Crippen molar-refractivity contribution in [1.82, 2.24) is 0 Å². The van der Waals surface area contributed by atoms with Crippen molar-refractivity contribution in [1.29, 1.82) is 0 Å². The van der Waals surface area contributed by atoms with E-state index in [-0.39, 0.29) is 12.4 Å². The summed E-state index contributed by atoms with van der Waals surface area (Å²) < 4.78 is 0. The van der Waals surface area contributed by atoms with E-state index in [1.165, 1.54) is 6.92 Å². The van der Waals surface area contributed by atoms with Gasteiger partial charge in [0.25, 0.3) is 0 Å². The van der Waals surface area contributed by atoms with Gasteiger partial charge in [-0.2, -0.15) is 5.90 Å². The van der Waals surface area contributed by atoms with E-state index in [4.69, 9.17) is 0 Å². The Labute approximate surface area is 46.9 Å². The van der Waals surface area contributed by atoms with Gasteiger partial charge in [0.05, 0.1) is 0 Å². The van der Waals surface area contributed by atoms with Crippen LogP contribution in [0.15, 0.2) is 0 Å². The average molecular weight is 128 g/mol. The van der Waals surface area contributed by atoms with Crippen LogP contribution in [-0.4, -0.2) is 5.97 Å². The number of hydrogen-bond donors (Lipinski definition) is 1. The first-order valence-corrected chi connectivity index (χ1v) is 1.31. The van der Waals surface area contributed by atoms with Crippen LogP contribution in [0, 0.1) is 0 Å². The minimum Gasteiger partial charge on any atom is -0.281 e. The van der Waals surface area contributed by atoms with E-state index in [9.17, 15) is 4.79 Å².